The number of hydrogen-bond donors (Lipinski definition) is 1. The summed E-state index contributed by atoms with van der Waals surface area (Å²) >= 11 is 0. The highest BCUT2D eigenvalue weighted by Crippen LogP contribution is 2.25. The van der Waals surface area contributed by atoms with E-state index in [0.29, 0.717) is 0 Å². The van der Waals surface area contributed by atoms with Crippen LogP contribution in [0.25, 0.3) is 22.6 Å². The molecule has 94 valence electrons. The van der Waals surface area contributed by atoms with E-state index in [2.05, 4.69) is 9.97 Å². The van der Waals surface area contributed by atoms with E-state index < -0.39 is 0 Å². The summed E-state index contributed by atoms with van der Waals surface area (Å²) in [6, 6.07) is 16.4. The normalized spacial score (nSPS) is 10.6. The lowest BCUT2D eigenvalue weighted by Gasteiger charge is -1.98. The van der Waals surface area contributed by atoms with Crippen LogP contribution in [-0.2, 0) is 0 Å². The van der Waals surface area contributed by atoms with Crippen molar-refractivity contribution in [1.82, 2.24) is 9.97 Å². The van der Waals surface area contributed by atoms with Gasteiger partial charge in [0.2, 0.25) is 0 Å². The number of halogens is 1. The smallest absolute Gasteiger partial charge is 0.138 e. The van der Waals surface area contributed by atoms with Gasteiger partial charge in [-0.1, -0.05) is 42.5 Å². The molecule has 0 atom stereocenters. The van der Waals surface area contributed by atoms with Gasteiger partial charge in [0.15, 0.2) is 0 Å². The molecule has 0 aliphatic carbocycles. The van der Waals surface area contributed by atoms with Crippen molar-refractivity contribution in [2.24, 2.45) is 0 Å². The first kappa shape index (κ1) is 11.7. The summed E-state index contributed by atoms with van der Waals surface area (Å²) in [6.45, 7) is 1.94. The standard InChI is InChI=1S/C16H13FN2/c1-11-15(13-8-5-9-14(17)10-13)19-16(18-11)12-6-3-2-4-7-12/h2-10H,1H3,(H,18,19). The van der Waals surface area contributed by atoms with Crippen molar-refractivity contribution >= 4 is 0 Å². The second-order valence-electron chi connectivity index (χ2n) is 4.44. The average Bonchev–Trinajstić information content (AvgIpc) is 2.82. The van der Waals surface area contributed by atoms with Crippen LogP contribution in [0, 0.1) is 12.7 Å². The van der Waals surface area contributed by atoms with Crippen LogP contribution in [0.3, 0.4) is 0 Å². The van der Waals surface area contributed by atoms with Crippen LogP contribution in [0.15, 0.2) is 54.6 Å². The van der Waals surface area contributed by atoms with Gasteiger partial charge in [-0.25, -0.2) is 9.37 Å². The summed E-state index contributed by atoms with van der Waals surface area (Å²) in [6.07, 6.45) is 0. The second kappa shape index (κ2) is 4.69. The predicted molar refractivity (Wildman–Crippen MR) is 74.2 cm³/mol. The predicted octanol–water partition coefficient (Wildman–Crippen LogP) is 4.19. The fraction of sp³-hybridized carbons (Fsp3) is 0.0625. The molecule has 0 bridgehead atoms. The van der Waals surface area contributed by atoms with Gasteiger partial charge in [-0.2, -0.15) is 0 Å². The van der Waals surface area contributed by atoms with Crippen LogP contribution >= 0.6 is 0 Å². The largest absolute Gasteiger partial charge is 0.342 e. The van der Waals surface area contributed by atoms with E-state index in [0.717, 1.165) is 28.3 Å². The van der Waals surface area contributed by atoms with Crippen molar-refractivity contribution in [1.29, 1.82) is 0 Å². The van der Waals surface area contributed by atoms with E-state index in [-0.39, 0.29) is 5.82 Å². The van der Waals surface area contributed by atoms with Crippen LogP contribution in [0.4, 0.5) is 4.39 Å². The first-order chi connectivity index (χ1) is 9.24. The van der Waals surface area contributed by atoms with E-state index in [1.807, 2.05) is 43.3 Å². The minimum atomic E-state index is -0.249. The molecule has 2 aromatic carbocycles. The molecule has 3 heteroatoms. The van der Waals surface area contributed by atoms with Crippen molar-refractivity contribution in [3.8, 4) is 22.6 Å². The Morgan fingerprint density at radius 1 is 0.947 bits per heavy atom. The highest BCUT2D eigenvalue weighted by Gasteiger charge is 2.10. The summed E-state index contributed by atoms with van der Waals surface area (Å²) in [5, 5.41) is 0. The van der Waals surface area contributed by atoms with Crippen LogP contribution in [0.1, 0.15) is 5.69 Å². The van der Waals surface area contributed by atoms with Gasteiger partial charge in [0, 0.05) is 16.8 Å². The molecule has 3 rings (SSSR count). The molecule has 0 fully saturated rings. The minimum absolute atomic E-state index is 0.249. The summed E-state index contributed by atoms with van der Waals surface area (Å²) < 4.78 is 13.3. The highest BCUT2D eigenvalue weighted by atomic mass is 19.1. The fourth-order valence-corrected chi connectivity index (χ4v) is 2.11. The molecule has 1 heterocycles. The molecular weight excluding hydrogens is 239 g/mol. The Hall–Kier alpha value is -2.42. The molecule has 2 nitrogen and oxygen atoms in total. The average molecular weight is 252 g/mol. The molecule has 0 aliphatic heterocycles. The lowest BCUT2D eigenvalue weighted by Crippen LogP contribution is -1.83. The Balaban J connectivity index is 2.08. The number of benzene rings is 2. The lowest BCUT2D eigenvalue weighted by molar-refractivity contribution is 0.628. The maximum Gasteiger partial charge on any atom is 0.138 e. The molecule has 1 N–H and O–H groups in total. The van der Waals surface area contributed by atoms with Gasteiger partial charge in [0.25, 0.3) is 0 Å². The van der Waals surface area contributed by atoms with Crippen molar-refractivity contribution in [2.75, 3.05) is 0 Å². The third-order valence-corrected chi connectivity index (χ3v) is 3.03. The van der Waals surface area contributed by atoms with Gasteiger partial charge in [-0.15, -0.1) is 0 Å². The summed E-state index contributed by atoms with van der Waals surface area (Å²) in [5.41, 5.74) is 3.53. The summed E-state index contributed by atoms with van der Waals surface area (Å²) in [4.78, 5) is 7.81. The third-order valence-electron chi connectivity index (χ3n) is 3.03. The van der Waals surface area contributed by atoms with Crippen molar-refractivity contribution in [2.45, 2.75) is 6.92 Å². The fourth-order valence-electron chi connectivity index (χ4n) is 2.11. The molecule has 0 amide bonds. The zero-order valence-electron chi connectivity index (χ0n) is 10.5. The monoisotopic (exact) mass is 252 g/mol. The number of aromatic nitrogens is 2. The van der Waals surface area contributed by atoms with E-state index in [4.69, 9.17) is 0 Å². The van der Waals surface area contributed by atoms with Gasteiger partial charge in [-0.05, 0) is 19.1 Å². The van der Waals surface area contributed by atoms with E-state index in [9.17, 15) is 4.39 Å². The van der Waals surface area contributed by atoms with Crippen LogP contribution < -0.4 is 0 Å². The number of aromatic amines is 1. The van der Waals surface area contributed by atoms with E-state index >= 15 is 0 Å². The number of hydrogen-bond acceptors (Lipinski definition) is 1. The van der Waals surface area contributed by atoms with Crippen LogP contribution in [-0.4, -0.2) is 9.97 Å². The van der Waals surface area contributed by atoms with Crippen molar-refractivity contribution in [3.63, 3.8) is 0 Å². The second-order valence-corrected chi connectivity index (χ2v) is 4.44. The number of nitrogens with one attached hydrogen (secondary N) is 1. The first-order valence-electron chi connectivity index (χ1n) is 6.12. The number of imidazole rings is 1. The molecule has 0 saturated heterocycles. The van der Waals surface area contributed by atoms with E-state index in [1.54, 1.807) is 6.07 Å². The highest BCUT2D eigenvalue weighted by molar-refractivity contribution is 5.67. The zero-order valence-corrected chi connectivity index (χ0v) is 10.5. The van der Waals surface area contributed by atoms with Gasteiger partial charge >= 0.3 is 0 Å². The topological polar surface area (TPSA) is 28.7 Å². The lowest BCUT2D eigenvalue weighted by atomic mass is 10.1. The molecule has 0 saturated carbocycles. The van der Waals surface area contributed by atoms with Gasteiger partial charge in [0.05, 0.1) is 5.69 Å². The molecule has 19 heavy (non-hydrogen) atoms. The van der Waals surface area contributed by atoms with Crippen LogP contribution in [0.5, 0.6) is 0 Å². The van der Waals surface area contributed by atoms with Crippen molar-refractivity contribution < 1.29 is 4.39 Å². The molecule has 1 aromatic heterocycles. The third kappa shape index (κ3) is 2.27. The summed E-state index contributed by atoms with van der Waals surface area (Å²) in [5.74, 6) is 0.554. The quantitative estimate of drug-likeness (QED) is 0.727. The maximum atomic E-state index is 13.3. The molecule has 0 aliphatic rings. The number of nitrogens with zero attached hydrogens (tertiary/aromatic N) is 1. The first-order valence-corrected chi connectivity index (χ1v) is 6.12. The molecule has 3 aromatic rings. The Labute approximate surface area is 111 Å². The number of aryl methyl sites for hydroxylation is 1. The minimum Gasteiger partial charge on any atom is -0.342 e. The van der Waals surface area contributed by atoms with Crippen molar-refractivity contribution in [3.05, 3.63) is 66.1 Å². The van der Waals surface area contributed by atoms with Crippen LogP contribution in [0.2, 0.25) is 0 Å². The molecular formula is C16H13FN2. The molecule has 0 unspecified atom stereocenters. The number of rotatable bonds is 2. The molecule has 0 radical (unpaired) electrons. The SMILES string of the molecule is Cc1[nH]c(-c2ccccc2)nc1-c1cccc(F)c1. The molecule has 0 spiro atoms. The van der Waals surface area contributed by atoms with Gasteiger partial charge in [0.1, 0.15) is 11.6 Å². The Morgan fingerprint density at radius 2 is 1.68 bits per heavy atom. The Bertz CT molecular complexity index is 702. The Morgan fingerprint density at radius 3 is 2.42 bits per heavy atom. The number of H-pyrrole nitrogens is 1. The van der Waals surface area contributed by atoms with Gasteiger partial charge < -0.3 is 4.98 Å². The summed E-state index contributed by atoms with van der Waals surface area (Å²) in [7, 11) is 0. The zero-order chi connectivity index (χ0) is 13.2. The van der Waals surface area contributed by atoms with E-state index in [1.165, 1.54) is 12.1 Å². The Kier molecular flexibility index (Phi) is 2.88. The van der Waals surface area contributed by atoms with Gasteiger partial charge in [-0.3, -0.25) is 0 Å². The maximum absolute atomic E-state index is 13.3.